The van der Waals surface area contributed by atoms with Gasteiger partial charge in [0.05, 0.1) is 18.0 Å². The van der Waals surface area contributed by atoms with E-state index < -0.39 is 52.2 Å². The van der Waals surface area contributed by atoms with Crippen LogP contribution in [0.3, 0.4) is 0 Å². The zero-order valence-corrected chi connectivity index (χ0v) is 21.5. The number of carbonyl (C=O) groups is 1. The maximum absolute atomic E-state index is 12.2. The average Bonchev–Trinajstić information content (AvgIpc) is 3.14. The SMILES string of the molecule is [2H]C1([2H])C[C@@]2(C)C(C[C@@H](O)[C@H]3[C@@H]4CC[C@H]([C@H](C)CCC(=O)NCCS(=O)(=O)O)[C@@]4(C)CC[C@@H]32)C([2H])([2H])[C@@H]1O. The van der Waals surface area contributed by atoms with Gasteiger partial charge in [-0.2, -0.15) is 8.42 Å². The van der Waals surface area contributed by atoms with E-state index >= 15 is 0 Å². The molecule has 4 saturated carbocycles. The van der Waals surface area contributed by atoms with Gasteiger partial charge in [-0.1, -0.05) is 20.8 Å². The Hall–Kier alpha value is -0.700. The third kappa shape index (κ3) is 4.94. The Morgan fingerprint density at radius 3 is 2.56 bits per heavy atom. The lowest BCUT2D eigenvalue weighted by atomic mass is 9.43. The first kappa shape index (κ1) is 21.4. The van der Waals surface area contributed by atoms with E-state index in [0.29, 0.717) is 12.3 Å². The molecule has 0 aliphatic heterocycles. The molecule has 4 N–H and O–H groups in total. The number of hydrogen-bond acceptors (Lipinski definition) is 5. The highest BCUT2D eigenvalue weighted by atomic mass is 32.2. The van der Waals surface area contributed by atoms with E-state index in [2.05, 4.69) is 19.2 Å². The van der Waals surface area contributed by atoms with Gasteiger partial charge in [-0.15, -0.1) is 0 Å². The molecule has 0 aromatic heterocycles. The van der Waals surface area contributed by atoms with Gasteiger partial charge in [0.2, 0.25) is 5.91 Å². The Morgan fingerprint density at radius 2 is 1.85 bits per heavy atom. The summed E-state index contributed by atoms with van der Waals surface area (Å²) in [4.78, 5) is 12.2. The van der Waals surface area contributed by atoms with Crippen LogP contribution in [0.15, 0.2) is 0 Å². The van der Waals surface area contributed by atoms with Gasteiger partial charge in [0, 0.05) is 18.4 Å². The monoisotopic (exact) mass is 503 g/mol. The van der Waals surface area contributed by atoms with Crippen LogP contribution in [0.1, 0.15) is 90.4 Å². The molecule has 0 spiro atoms. The molecule has 34 heavy (non-hydrogen) atoms. The molecule has 4 aliphatic carbocycles. The highest BCUT2D eigenvalue weighted by Gasteiger charge is 2.62. The molecule has 196 valence electrons. The highest BCUT2D eigenvalue weighted by Crippen LogP contribution is 2.68. The molecule has 8 heteroatoms. The molecule has 4 rings (SSSR count). The smallest absolute Gasteiger partial charge is 0.266 e. The van der Waals surface area contributed by atoms with E-state index in [1.807, 2.05) is 6.92 Å². The van der Waals surface area contributed by atoms with Gasteiger partial charge in [-0.05, 0) is 104 Å². The number of aliphatic hydroxyl groups excluding tert-OH is 2. The first-order valence-corrected chi connectivity index (χ1v) is 14.5. The average molecular weight is 504 g/mol. The molecule has 4 aliphatic rings. The van der Waals surface area contributed by atoms with Crippen LogP contribution in [0.5, 0.6) is 0 Å². The van der Waals surface area contributed by atoms with Crippen LogP contribution in [0.2, 0.25) is 0 Å². The number of nitrogens with one attached hydrogen (secondary N) is 1. The van der Waals surface area contributed by atoms with E-state index in [-0.39, 0.29) is 60.8 Å². The van der Waals surface area contributed by atoms with Crippen LogP contribution >= 0.6 is 0 Å². The molecule has 0 saturated heterocycles. The van der Waals surface area contributed by atoms with E-state index in [4.69, 9.17) is 10.0 Å². The van der Waals surface area contributed by atoms with Gasteiger partial charge in [-0.25, -0.2) is 0 Å². The van der Waals surface area contributed by atoms with Crippen molar-refractivity contribution in [2.24, 2.45) is 46.3 Å². The first-order valence-electron chi connectivity index (χ1n) is 14.9. The third-order valence-corrected chi connectivity index (χ3v) is 10.9. The van der Waals surface area contributed by atoms with Crippen molar-refractivity contribution in [2.45, 2.75) is 97.1 Å². The number of fused-ring (bicyclic) bond motifs is 5. The minimum absolute atomic E-state index is 0.0189. The molecule has 0 radical (unpaired) electrons. The number of aliphatic hydroxyl groups is 2. The lowest BCUT2D eigenvalue weighted by Crippen LogP contribution is -2.58. The molecular formula is C26H45NO6S. The summed E-state index contributed by atoms with van der Waals surface area (Å²) < 4.78 is 64.8. The minimum atomic E-state index is -4.12. The van der Waals surface area contributed by atoms with Crippen molar-refractivity contribution in [2.75, 3.05) is 12.3 Å². The topological polar surface area (TPSA) is 124 Å². The van der Waals surface area contributed by atoms with Crippen molar-refractivity contribution in [3.63, 3.8) is 0 Å². The second kappa shape index (κ2) is 9.64. The van der Waals surface area contributed by atoms with Gasteiger partial charge in [0.15, 0.2) is 0 Å². The number of carbonyl (C=O) groups excluding carboxylic acids is 1. The summed E-state index contributed by atoms with van der Waals surface area (Å²) in [5, 5.41) is 24.6. The second-order valence-corrected chi connectivity index (χ2v) is 13.6. The van der Waals surface area contributed by atoms with Crippen molar-refractivity contribution < 1.29 is 33.5 Å². The molecule has 0 aromatic rings. The zero-order chi connectivity index (χ0) is 28.5. The Balaban J connectivity index is 1.47. The lowest BCUT2D eigenvalue weighted by molar-refractivity contribution is -0.174. The maximum Gasteiger partial charge on any atom is 0.266 e. The summed E-state index contributed by atoms with van der Waals surface area (Å²) in [6, 6.07) is 0. The van der Waals surface area contributed by atoms with Gasteiger partial charge in [0.1, 0.15) is 0 Å². The standard InChI is InChI=1S/C26H45NO6S/c1-16(4-7-23(30)27-12-13-34(31,32)33)19-5-6-20-24-21(9-11-26(19,20)3)25(2)10-8-18(28)14-17(25)15-22(24)29/h16-22,24,28-29H,4-15H2,1-3H3,(H,27,30)(H,31,32,33)/t16-,17?,18-,19-,20+,21+,22-,24+,25+,26-/m1/s1/i8D2,14D2. The van der Waals surface area contributed by atoms with Crippen LogP contribution in [0, 0.1) is 46.3 Å². The molecule has 4 fully saturated rings. The summed E-state index contributed by atoms with van der Waals surface area (Å²) in [6.45, 7) is 6.30. The molecule has 7 nitrogen and oxygen atoms in total. The summed E-state index contributed by atoms with van der Waals surface area (Å²) in [5.41, 5.74) is -0.695. The van der Waals surface area contributed by atoms with E-state index in [1.165, 1.54) is 0 Å². The van der Waals surface area contributed by atoms with E-state index in [0.717, 1.165) is 25.7 Å². The fourth-order valence-electron chi connectivity index (χ4n) is 8.45. The summed E-state index contributed by atoms with van der Waals surface area (Å²) >= 11 is 0. The van der Waals surface area contributed by atoms with Crippen molar-refractivity contribution in [3.05, 3.63) is 0 Å². The van der Waals surface area contributed by atoms with Crippen molar-refractivity contribution >= 4 is 16.0 Å². The number of rotatable bonds is 7. The second-order valence-electron chi connectivity index (χ2n) is 12.0. The molecule has 0 heterocycles. The van der Waals surface area contributed by atoms with Crippen LogP contribution in [-0.4, -0.2) is 53.6 Å². The van der Waals surface area contributed by atoms with Gasteiger partial charge in [-0.3, -0.25) is 9.35 Å². The minimum Gasteiger partial charge on any atom is -0.393 e. The zero-order valence-electron chi connectivity index (χ0n) is 24.7. The Bertz CT molecular complexity index is 1030. The maximum atomic E-state index is 12.2. The van der Waals surface area contributed by atoms with Gasteiger partial charge < -0.3 is 15.5 Å². The largest absolute Gasteiger partial charge is 0.393 e. The van der Waals surface area contributed by atoms with E-state index in [1.54, 1.807) is 0 Å². The lowest BCUT2D eigenvalue weighted by Gasteiger charge is -2.62. The fraction of sp³-hybridized carbons (Fsp3) is 0.962. The van der Waals surface area contributed by atoms with Crippen molar-refractivity contribution in [3.8, 4) is 0 Å². The van der Waals surface area contributed by atoms with Crippen LogP contribution < -0.4 is 5.32 Å². The third-order valence-electron chi connectivity index (χ3n) is 10.2. The van der Waals surface area contributed by atoms with Crippen molar-refractivity contribution in [1.82, 2.24) is 5.32 Å². The Morgan fingerprint density at radius 1 is 1.15 bits per heavy atom. The van der Waals surface area contributed by atoms with Gasteiger partial charge in [0.25, 0.3) is 10.1 Å². The molecular weight excluding hydrogens is 454 g/mol. The normalized spacial score (nSPS) is 49.8. The Labute approximate surface area is 210 Å². The van der Waals surface area contributed by atoms with Gasteiger partial charge >= 0.3 is 0 Å². The number of amides is 1. The quantitative estimate of drug-likeness (QED) is 0.395. The van der Waals surface area contributed by atoms with Crippen LogP contribution in [0.4, 0.5) is 0 Å². The summed E-state index contributed by atoms with van der Waals surface area (Å²) in [5.74, 6) is -0.600. The van der Waals surface area contributed by atoms with E-state index in [9.17, 15) is 23.4 Å². The Kier molecular flexibility index (Phi) is 6.06. The molecule has 0 bridgehead atoms. The summed E-state index contributed by atoms with van der Waals surface area (Å²) in [7, 11) is -4.12. The van der Waals surface area contributed by atoms with Crippen molar-refractivity contribution in [1.29, 1.82) is 0 Å². The predicted molar refractivity (Wildman–Crippen MR) is 130 cm³/mol. The molecule has 0 aromatic carbocycles. The number of hydrogen-bond donors (Lipinski definition) is 4. The predicted octanol–water partition coefficient (Wildman–Crippen LogP) is 3.40. The molecule has 1 unspecified atom stereocenters. The molecule has 10 atom stereocenters. The fourth-order valence-corrected chi connectivity index (χ4v) is 8.81. The summed E-state index contributed by atoms with van der Waals surface area (Å²) in [6.07, 6.45) is -1.72. The molecule has 1 amide bonds. The highest BCUT2D eigenvalue weighted by molar-refractivity contribution is 7.85. The van der Waals surface area contributed by atoms with Crippen LogP contribution in [0.25, 0.3) is 0 Å². The first-order chi connectivity index (χ1) is 17.3. The van der Waals surface area contributed by atoms with Crippen LogP contribution in [-0.2, 0) is 14.9 Å².